The van der Waals surface area contributed by atoms with E-state index in [1.807, 2.05) is 17.7 Å². The largest absolute Gasteiger partial charge is 0.380 e. The van der Waals surface area contributed by atoms with Crippen molar-refractivity contribution in [1.29, 1.82) is 0 Å². The zero-order chi connectivity index (χ0) is 22.5. The van der Waals surface area contributed by atoms with Gasteiger partial charge in [0.15, 0.2) is 5.82 Å². The van der Waals surface area contributed by atoms with Gasteiger partial charge < -0.3 is 25.0 Å². The van der Waals surface area contributed by atoms with Gasteiger partial charge >= 0.3 is 0 Å². The molecule has 0 amide bonds. The molecule has 1 aliphatic heterocycles. The summed E-state index contributed by atoms with van der Waals surface area (Å²) in [5, 5.41) is 11.7. The number of hydrogen-bond acceptors (Lipinski definition) is 10. The molecule has 0 unspecified atom stereocenters. The van der Waals surface area contributed by atoms with E-state index in [0.29, 0.717) is 56.5 Å². The Bertz CT molecular complexity index is 1050. The zero-order valence-electron chi connectivity index (χ0n) is 19.0. The average molecular weight is 454 g/mol. The summed E-state index contributed by atoms with van der Waals surface area (Å²) in [5.41, 5.74) is 2.63. The van der Waals surface area contributed by atoms with E-state index in [2.05, 4.69) is 25.5 Å². The molecule has 1 aliphatic carbocycles. The predicted molar refractivity (Wildman–Crippen MR) is 125 cm³/mol. The lowest BCUT2D eigenvalue weighted by Gasteiger charge is -2.27. The number of piperazine rings is 1. The van der Waals surface area contributed by atoms with Gasteiger partial charge in [0.2, 0.25) is 5.95 Å². The quantitative estimate of drug-likeness (QED) is 0.414. The number of nitrogens with zero attached hydrogens (tertiary/aromatic N) is 7. The third-order valence-corrected chi connectivity index (χ3v) is 5.74. The van der Waals surface area contributed by atoms with Crippen molar-refractivity contribution in [2.24, 2.45) is 0 Å². The van der Waals surface area contributed by atoms with Gasteiger partial charge in [-0.25, -0.2) is 15.0 Å². The molecule has 3 aromatic rings. The van der Waals surface area contributed by atoms with E-state index in [0.717, 1.165) is 55.7 Å². The molecule has 2 aliphatic rings. The van der Waals surface area contributed by atoms with Crippen LogP contribution in [0.4, 0.5) is 17.6 Å². The van der Waals surface area contributed by atoms with Crippen molar-refractivity contribution < 1.29 is 9.47 Å². The molecule has 1 saturated heterocycles. The summed E-state index contributed by atoms with van der Waals surface area (Å²) in [4.78, 5) is 20.5. The molecule has 176 valence electrons. The van der Waals surface area contributed by atoms with Crippen LogP contribution in [0, 0.1) is 0 Å². The average Bonchev–Trinajstić information content (AvgIpc) is 3.61. The molecular formula is C22H31N9O2. The second-order valence-electron chi connectivity index (χ2n) is 8.21. The van der Waals surface area contributed by atoms with Crippen LogP contribution in [0.2, 0.25) is 0 Å². The summed E-state index contributed by atoms with van der Waals surface area (Å²) in [6.07, 6.45) is 6.66. The van der Waals surface area contributed by atoms with Crippen molar-refractivity contribution >= 4 is 28.6 Å². The van der Waals surface area contributed by atoms with E-state index >= 15 is 0 Å². The van der Waals surface area contributed by atoms with Crippen molar-refractivity contribution in [3.8, 4) is 0 Å². The number of fused-ring (bicyclic) bond motifs is 1. The molecule has 0 spiro atoms. The number of hydrogen-bond donors (Lipinski definition) is 2. The standard InChI is InChI=1S/C22H31N9O2/c1-2-32-14-12-31-20-19(17(29-31)6-13-33-16-3-4-16)27-22(30-10-8-23-9-11-30)28-21(20)26-18-5-7-24-15-25-18/h5,7,15-16,23H,2-4,6,8-14H2,1H3,(H,24,25,26,27,28). The van der Waals surface area contributed by atoms with Gasteiger partial charge in [-0.15, -0.1) is 0 Å². The van der Waals surface area contributed by atoms with Gasteiger partial charge in [-0.3, -0.25) is 4.68 Å². The Labute approximate surface area is 192 Å². The van der Waals surface area contributed by atoms with Crippen molar-refractivity contribution in [3.05, 3.63) is 24.3 Å². The Morgan fingerprint density at radius 3 is 2.82 bits per heavy atom. The molecule has 33 heavy (non-hydrogen) atoms. The van der Waals surface area contributed by atoms with Crippen LogP contribution in [0.1, 0.15) is 25.5 Å². The van der Waals surface area contributed by atoms with Crippen LogP contribution in [0.15, 0.2) is 18.6 Å². The highest BCUT2D eigenvalue weighted by Crippen LogP contribution is 2.29. The molecule has 0 radical (unpaired) electrons. The molecule has 1 saturated carbocycles. The third-order valence-electron chi connectivity index (χ3n) is 5.74. The van der Waals surface area contributed by atoms with E-state index in [1.165, 1.54) is 6.33 Å². The van der Waals surface area contributed by atoms with Gasteiger partial charge in [0.05, 0.1) is 31.6 Å². The minimum Gasteiger partial charge on any atom is -0.380 e. The van der Waals surface area contributed by atoms with Gasteiger partial charge in [-0.2, -0.15) is 10.1 Å². The Morgan fingerprint density at radius 1 is 1.18 bits per heavy atom. The fourth-order valence-corrected chi connectivity index (χ4v) is 3.89. The van der Waals surface area contributed by atoms with Crippen molar-refractivity contribution in [1.82, 2.24) is 35.0 Å². The molecule has 0 aromatic carbocycles. The number of rotatable bonds is 11. The first-order valence-corrected chi connectivity index (χ1v) is 11.8. The van der Waals surface area contributed by atoms with Crippen molar-refractivity contribution in [2.75, 3.05) is 56.2 Å². The van der Waals surface area contributed by atoms with Crippen LogP contribution >= 0.6 is 0 Å². The van der Waals surface area contributed by atoms with Crippen LogP contribution in [0.5, 0.6) is 0 Å². The molecule has 11 nitrogen and oxygen atoms in total. The number of anilines is 3. The van der Waals surface area contributed by atoms with Crippen molar-refractivity contribution in [2.45, 2.75) is 38.8 Å². The maximum atomic E-state index is 5.92. The second kappa shape index (κ2) is 10.4. The summed E-state index contributed by atoms with van der Waals surface area (Å²) in [5.74, 6) is 2.06. The normalized spacial score (nSPS) is 16.5. The van der Waals surface area contributed by atoms with Gasteiger partial charge in [0.25, 0.3) is 0 Å². The molecule has 0 bridgehead atoms. The van der Waals surface area contributed by atoms with E-state index in [4.69, 9.17) is 24.5 Å². The molecular weight excluding hydrogens is 422 g/mol. The van der Waals surface area contributed by atoms with E-state index < -0.39 is 0 Å². The molecule has 11 heteroatoms. The Kier molecular flexibility index (Phi) is 6.89. The number of ether oxygens (including phenoxy) is 2. The first-order valence-electron chi connectivity index (χ1n) is 11.8. The zero-order valence-corrected chi connectivity index (χ0v) is 19.0. The highest BCUT2D eigenvalue weighted by molar-refractivity contribution is 5.90. The van der Waals surface area contributed by atoms with Gasteiger partial charge in [-0.05, 0) is 25.8 Å². The topological polar surface area (TPSA) is 115 Å². The fourth-order valence-electron chi connectivity index (χ4n) is 3.89. The highest BCUT2D eigenvalue weighted by Gasteiger charge is 2.24. The highest BCUT2D eigenvalue weighted by atomic mass is 16.5. The van der Waals surface area contributed by atoms with Gasteiger partial charge in [-0.1, -0.05) is 0 Å². The van der Waals surface area contributed by atoms with Gasteiger partial charge in [0, 0.05) is 45.4 Å². The Morgan fingerprint density at radius 2 is 2.06 bits per heavy atom. The lowest BCUT2D eigenvalue weighted by atomic mass is 10.2. The maximum Gasteiger partial charge on any atom is 0.228 e. The lowest BCUT2D eigenvalue weighted by molar-refractivity contribution is 0.121. The maximum absolute atomic E-state index is 5.92. The molecule has 2 N–H and O–H groups in total. The summed E-state index contributed by atoms with van der Waals surface area (Å²) < 4.78 is 13.5. The molecule has 3 aromatic heterocycles. The lowest BCUT2D eigenvalue weighted by Crippen LogP contribution is -2.44. The molecule has 0 atom stereocenters. The molecule has 4 heterocycles. The van der Waals surface area contributed by atoms with Crippen LogP contribution in [0.3, 0.4) is 0 Å². The predicted octanol–water partition coefficient (Wildman–Crippen LogP) is 1.53. The van der Waals surface area contributed by atoms with Crippen molar-refractivity contribution in [3.63, 3.8) is 0 Å². The summed E-state index contributed by atoms with van der Waals surface area (Å²) in [7, 11) is 0. The monoisotopic (exact) mass is 453 g/mol. The summed E-state index contributed by atoms with van der Waals surface area (Å²) in [6.45, 7) is 8.01. The van der Waals surface area contributed by atoms with Crippen LogP contribution < -0.4 is 15.5 Å². The minimum absolute atomic E-state index is 0.414. The first kappa shape index (κ1) is 21.9. The smallest absolute Gasteiger partial charge is 0.228 e. The number of nitrogens with one attached hydrogen (secondary N) is 2. The second-order valence-corrected chi connectivity index (χ2v) is 8.21. The third kappa shape index (κ3) is 5.37. The molecule has 5 rings (SSSR count). The Balaban J connectivity index is 1.55. The van der Waals surface area contributed by atoms with Gasteiger partial charge in [0.1, 0.15) is 23.2 Å². The minimum atomic E-state index is 0.414. The van der Waals surface area contributed by atoms with E-state index in [9.17, 15) is 0 Å². The van der Waals surface area contributed by atoms with Crippen LogP contribution in [-0.2, 0) is 22.4 Å². The van der Waals surface area contributed by atoms with E-state index in [-0.39, 0.29) is 0 Å². The summed E-state index contributed by atoms with van der Waals surface area (Å²) >= 11 is 0. The fraction of sp³-hybridized carbons (Fsp3) is 0.591. The molecule has 2 fully saturated rings. The first-order chi connectivity index (χ1) is 16.3. The summed E-state index contributed by atoms with van der Waals surface area (Å²) in [6, 6.07) is 1.82. The SMILES string of the molecule is CCOCCn1nc(CCOC2CC2)c2nc(N3CCNCC3)nc(Nc3ccncn3)c21. The number of aromatic nitrogens is 6. The van der Waals surface area contributed by atoms with Crippen LogP contribution in [0.25, 0.3) is 11.0 Å². The van der Waals surface area contributed by atoms with Crippen LogP contribution in [-0.4, -0.2) is 81.8 Å². The Hall–Kier alpha value is -2.89. The van der Waals surface area contributed by atoms with E-state index in [1.54, 1.807) is 6.20 Å².